The van der Waals surface area contributed by atoms with E-state index in [9.17, 15) is 18.3 Å². The van der Waals surface area contributed by atoms with Gasteiger partial charge in [0, 0.05) is 0 Å². The van der Waals surface area contributed by atoms with Gasteiger partial charge in [0.25, 0.3) is 0 Å². The van der Waals surface area contributed by atoms with E-state index in [1.165, 1.54) is 10.7 Å². The summed E-state index contributed by atoms with van der Waals surface area (Å²) in [5, 5.41) is 15.4. The number of rotatable bonds is 4. The Morgan fingerprint density at radius 1 is 1.00 bits per heavy atom. The van der Waals surface area contributed by atoms with E-state index in [4.69, 9.17) is 0 Å². The van der Waals surface area contributed by atoms with Crippen LogP contribution in [0.3, 0.4) is 0 Å². The molecule has 0 bridgehead atoms. The van der Waals surface area contributed by atoms with E-state index >= 15 is 0 Å². The van der Waals surface area contributed by atoms with Crippen LogP contribution in [0.1, 0.15) is 29.7 Å². The Hall–Kier alpha value is -2.60. The van der Waals surface area contributed by atoms with Gasteiger partial charge in [-0.05, 0) is 37.1 Å². The van der Waals surface area contributed by atoms with Crippen molar-refractivity contribution in [2.45, 2.75) is 25.5 Å². The maximum Gasteiger partial charge on any atom is 0.161 e. The number of aliphatic hydroxyl groups is 1. The Morgan fingerprint density at radius 2 is 1.64 bits per heavy atom. The molecule has 6 heteroatoms. The lowest BCUT2D eigenvalue weighted by Crippen LogP contribution is -2.37. The third-order valence-electron chi connectivity index (χ3n) is 4.42. The second-order valence-electron chi connectivity index (χ2n) is 6.08. The Bertz CT molecular complexity index is 892. The maximum absolute atomic E-state index is 13.8. The van der Waals surface area contributed by atoms with Gasteiger partial charge in [0.05, 0.1) is 18.4 Å². The lowest BCUT2D eigenvalue weighted by atomic mass is 9.80. The molecule has 0 saturated heterocycles. The third-order valence-corrected chi connectivity index (χ3v) is 4.42. The number of hydrogen-bond acceptors (Lipinski definition) is 2. The third kappa shape index (κ3) is 3.05. The Kier molecular flexibility index (Phi) is 4.39. The molecule has 3 nitrogen and oxygen atoms in total. The summed E-state index contributed by atoms with van der Waals surface area (Å²) in [6.07, 6.45) is 2.17. The Balaban J connectivity index is 2.19. The SMILES string of the molecule is Cc1ccc(C(O)(c2ccc(F)c(F)c2)C(C)n2cc(F)cn2)cc1. The number of benzene rings is 2. The van der Waals surface area contributed by atoms with Crippen LogP contribution in [-0.2, 0) is 5.60 Å². The predicted molar refractivity (Wildman–Crippen MR) is 87.4 cm³/mol. The number of halogens is 3. The van der Waals surface area contributed by atoms with Crippen molar-refractivity contribution in [2.75, 3.05) is 0 Å². The molecule has 0 aliphatic heterocycles. The molecule has 0 spiro atoms. The second kappa shape index (κ2) is 6.37. The van der Waals surface area contributed by atoms with E-state index < -0.39 is 29.1 Å². The molecule has 3 rings (SSSR count). The summed E-state index contributed by atoms with van der Waals surface area (Å²) < 4.78 is 41.8. The van der Waals surface area contributed by atoms with E-state index in [1.807, 2.05) is 6.92 Å². The first-order valence-electron chi connectivity index (χ1n) is 7.77. The molecule has 1 aromatic heterocycles. The van der Waals surface area contributed by atoms with E-state index in [2.05, 4.69) is 5.10 Å². The number of nitrogens with zero attached hydrogens (tertiary/aromatic N) is 2. The number of aromatic nitrogens is 2. The summed E-state index contributed by atoms with van der Waals surface area (Å²) in [5.74, 6) is -2.63. The fraction of sp³-hybridized carbons (Fsp3) is 0.211. The highest BCUT2D eigenvalue weighted by Crippen LogP contribution is 2.40. The minimum Gasteiger partial charge on any atom is -0.378 e. The van der Waals surface area contributed by atoms with Crippen molar-refractivity contribution in [2.24, 2.45) is 0 Å². The lowest BCUT2D eigenvalue weighted by molar-refractivity contribution is 0.0243. The largest absolute Gasteiger partial charge is 0.378 e. The Labute approximate surface area is 143 Å². The average Bonchev–Trinajstić information content (AvgIpc) is 3.03. The van der Waals surface area contributed by atoms with Crippen molar-refractivity contribution < 1.29 is 18.3 Å². The van der Waals surface area contributed by atoms with Crippen LogP contribution in [-0.4, -0.2) is 14.9 Å². The van der Waals surface area contributed by atoms with Crippen LogP contribution in [0.5, 0.6) is 0 Å². The fourth-order valence-electron chi connectivity index (χ4n) is 2.91. The first-order valence-corrected chi connectivity index (χ1v) is 7.77. The quantitative estimate of drug-likeness (QED) is 0.772. The van der Waals surface area contributed by atoms with Gasteiger partial charge in [-0.15, -0.1) is 0 Å². The fourth-order valence-corrected chi connectivity index (χ4v) is 2.91. The number of hydrogen-bond donors (Lipinski definition) is 1. The molecule has 25 heavy (non-hydrogen) atoms. The van der Waals surface area contributed by atoms with Crippen molar-refractivity contribution in [3.63, 3.8) is 0 Å². The van der Waals surface area contributed by atoms with Crippen molar-refractivity contribution in [1.29, 1.82) is 0 Å². The summed E-state index contributed by atoms with van der Waals surface area (Å²) in [6.45, 7) is 3.53. The first kappa shape index (κ1) is 17.2. The smallest absolute Gasteiger partial charge is 0.161 e. The molecule has 1 heterocycles. The topological polar surface area (TPSA) is 38.0 Å². The minimum atomic E-state index is -1.74. The van der Waals surface area contributed by atoms with E-state index in [0.29, 0.717) is 5.56 Å². The summed E-state index contributed by atoms with van der Waals surface area (Å²) in [5.41, 5.74) is -0.138. The maximum atomic E-state index is 13.8. The monoisotopic (exact) mass is 346 g/mol. The number of aryl methyl sites for hydroxylation is 1. The van der Waals surface area contributed by atoms with Crippen molar-refractivity contribution in [3.8, 4) is 0 Å². The molecule has 0 amide bonds. The van der Waals surface area contributed by atoms with Crippen LogP contribution >= 0.6 is 0 Å². The van der Waals surface area contributed by atoms with E-state index in [0.717, 1.165) is 30.1 Å². The molecular formula is C19H17F3N2O. The van der Waals surface area contributed by atoms with E-state index in [1.54, 1.807) is 31.2 Å². The van der Waals surface area contributed by atoms with Crippen molar-refractivity contribution >= 4 is 0 Å². The van der Waals surface area contributed by atoms with Crippen LogP contribution in [0.2, 0.25) is 0 Å². The van der Waals surface area contributed by atoms with Crippen LogP contribution in [0, 0.1) is 24.4 Å². The molecule has 0 fully saturated rings. The minimum absolute atomic E-state index is 0.152. The van der Waals surface area contributed by atoms with Gasteiger partial charge in [-0.1, -0.05) is 35.9 Å². The van der Waals surface area contributed by atoms with E-state index in [-0.39, 0.29) is 5.56 Å². The van der Waals surface area contributed by atoms with Crippen molar-refractivity contribution in [3.05, 3.63) is 89.0 Å². The van der Waals surface area contributed by atoms with Gasteiger partial charge < -0.3 is 5.11 Å². The molecule has 2 aromatic carbocycles. The van der Waals surface area contributed by atoms with Gasteiger partial charge in [0.1, 0.15) is 5.60 Å². The van der Waals surface area contributed by atoms with Crippen LogP contribution < -0.4 is 0 Å². The highest BCUT2D eigenvalue weighted by Gasteiger charge is 2.40. The zero-order chi connectivity index (χ0) is 18.2. The molecule has 0 saturated carbocycles. The second-order valence-corrected chi connectivity index (χ2v) is 6.08. The molecule has 0 aliphatic carbocycles. The highest BCUT2D eigenvalue weighted by atomic mass is 19.2. The van der Waals surface area contributed by atoms with Gasteiger partial charge in [0.15, 0.2) is 17.5 Å². The summed E-state index contributed by atoms with van der Waals surface area (Å²) in [6, 6.07) is 9.46. The summed E-state index contributed by atoms with van der Waals surface area (Å²) in [7, 11) is 0. The van der Waals surface area contributed by atoms with Gasteiger partial charge in [-0.2, -0.15) is 5.10 Å². The van der Waals surface area contributed by atoms with Gasteiger partial charge >= 0.3 is 0 Å². The molecular weight excluding hydrogens is 329 g/mol. The summed E-state index contributed by atoms with van der Waals surface area (Å²) in [4.78, 5) is 0. The normalized spacial score (nSPS) is 15.0. The molecule has 130 valence electrons. The molecule has 1 N–H and O–H groups in total. The Morgan fingerprint density at radius 3 is 2.20 bits per heavy atom. The molecule has 0 radical (unpaired) electrons. The molecule has 0 aliphatic rings. The van der Waals surface area contributed by atoms with Gasteiger partial charge in [-0.3, -0.25) is 4.68 Å². The standard InChI is InChI=1S/C19H17F3N2O/c1-12-3-5-14(6-4-12)19(25,13(2)24-11-16(20)10-23-24)15-7-8-17(21)18(22)9-15/h3-11,13,25H,1-2H3. The van der Waals surface area contributed by atoms with Gasteiger partial charge in [0.2, 0.25) is 0 Å². The zero-order valence-electron chi connectivity index (χ0n) is 13.7. The first-order chi connectivity index (χ1) is 11.8. The zero-order valence-corrected chi connectivity index (χ0v) is 13.7. The van der Waals surface area contributed by atoms with Crippen LogP contribution in [0.15, 0.2) is 54.9 Å². The van der Waals surface area contributed by atoms with Crippen LogP contribution in [0.4, 0.5) is 13.2 Å². The molecule has 3 aromatic rings. The molecule has 2 unspecified atom stereocenters. The summed E-state index contributed by atoms with van der Waals surface area (Å²) >= 11 is 0. The van der Waals surface area contributed by atoms with Gasteiger partial charge in [-0.25, -0.2) is 13.2 Å². The van der Waals surface area contributed by atoms with Crippen LogP contribution in [0.25, 0.3) is 0 Å². The molecule has 2 atom stereocenters. The average molecular weight is 346 g/mol. The van der Waals surface area contributed by atoms with Crippen molar-refractivity contribution in [1.82, 2.24) is 9.78 Å². The lowest BCUT2D eigenvalue weighted by Gasteiger charge is -2.35. The highest BCUT2D eigenvalue weighted by molar-refractivity contribution is 5.39. The predicted octanol–water partition coefficient (Wildman–Crippen LogP) is 4.11.